The normalized spacial score (nSPS) is 20.6. The SMILES string of the molecule is Cc1cc2c(c(C3(CN)CCC3)c1)OCO2. The zero-order valence-corrected chi connectivity index (χ0v) is 9.58. The van der Waals surface area contributed by atoms with Gasteiger partial charge in [0, 0.05) is 17.5 Å². The van der Waals surface area contributed by atoms with Crippen molar-refractivity contribution in [3.05, 3.63) is 23.3 Å². The molecule has 3 heteroatoms. The summed E-state index contributed by atoms with van der Waals surface area (Å²) in [6.07, 6.45) is 3.60. The summed E-state index contributed by atoms with van der Waals surface area (Å²) in [5, 5.41) is 0. The van der Waals surface area contributed by atoms with Gasteiger partial charge in [0.25, 0.3) is 0 Å². The Hall–Kier alpha value is -1.22. The molecule has 86 valence electrons. The first-order chi connectivity index (χ1) is 7.75. The van der Waals surface area contributed by atoms with Gasteiger partial charge < -0.3 is 15.2 Å². The van der Waals surface area contributed by atoms with Crippen LogP contribution in [-0.4, -0.2) is 13.3 Å². The van der Waals surface area contributed by atoms with Crippen LogP contribution in [-0.2, 0) is 5.41 Å². The number of hydrogen-bond donors (Lipinski definition) is 1. The lowest BCUT2D eigenvalue weighted by Gasteiger charge is -2.42. The first-order valence-electron chi connectivity index (χ1n) is 5.86. The molecule has 1 aromatic carbocycles. The third-order valence-electron chi connectivity index (χ3n) is 3.89. The molecule has 0 bridgehead atoms. The van der Waals surface area contributed by atoms with Crippen molar-refractivity contribution in [2.45, 2.75) is 31.6 Å². The number of fused-ring (bicyclic) bond motifs is 1. The van der Waals surface area contributed by atoms with Crippen LogP contribution >= 0.6 is 0 Å². The van der Waals surface area contributed by atoms with Crippen molar-refractivity contribution in [3.63, 3.8) is 0 Å². The fraction of sp³-hybridized carbons (Fsp3) is 0.538. The third kappa shape index (κ3) is 1.24. The van der Waals surface area contributed by atoms with E-state index in [1.165, 1.54) is 30.4 Å². The number of benzene rings is 1. The lowest BCUT2D eigenvalue weighted by atomic mass is 9.64. The topological polar surface area (TPSA) is 44.5 Å². The highest BCUT2D eigenvalue weighted by Gasteiger charge is 2.41. The van der Waals surface area contributed by atoms with Gasteiger partial charge in [-0.2, -0.15) is 0 Å². The van der Waals surface area contributed by atoms with Crippen molar-refractivity contribution in [2.24, 2.45) is 5.73 Å². The smallest absolute Gasteiger partial charge is 0.231 e. The third-order valence-corrected chi connectivity index (χ3v) is 3.89. The van der Waals surface area contributed by atoms with Crippen LogP contribution in [0.15, 0.2) is 12.1 Å². The van der Waals surface area contributed by atoms with Gasteiger partial charge in [-0.1, -0.05) is 12.5 Å². The second-order valence-electron chi connectivity index (χ2n) is 4.88. The number of rotatable bonds is 2. The summed E-state index contributed by atoms with van der Waals surface area (Å²) in [5.74, 6) is 1.81. The van der Waals surface area contributed by atoms with Crippen LogP contribution in [0.3, 0.4) is 0 Å². The molecule has 3 rings (SSSR count). The van der Waals surface area contributed by atoms with E-state index in [1.807, 2.05) is 6.07 Å². The minimum absolute atomic E-state index is 0.143. The summed E-state index contributed by atoms with van der Waals surface area (Å²) in [6.45, 7) is 3.13. The zero-order valence-electron chi connectivity index (χ0n) is 9.58. The van der Waals surface area contributed by atoms with Gasteiger partial charge in [0.2, 0.25) is 6.79 Å². The van der Waals surface area contributed by atoms with E-state index in [-0.39, 0.29) is 5.41 Å². The predicted octanol–water partition coefficient (Wildman–Crippen LogP) is 2.10. The molecule has 1 aliphatic carbocycles. The average Bonchev–Trinajstić information content (AvgIpc) is 2.64. The van der Waals surface area contributed by atoms with Crippen LogP contribution in [0.25, 0.3) is 0 Å². The van der Waals surface area contributed by atoms with E-state index in [2.05, 4.69) is 13.0 Å². The summed E-state index contributed by atoms with van der Waals surface area (Å²) in [5.41, 5.74) is 8.57. The minimum Gasteiger partial charge on any atom is -0.454 e. The molecule has 0 saturated heterocycles. The maximum absolute atomic E-state index is 5.95. The Morgan fingerprint density at radius 1 is 1.31 bits per heavy atom. The second-order valence-corrected chi connectivity index (χ2v) is 4.88. The first-order valence-corrected chi connectivity index (χ1v) is 5.86. The molecule has 1 aliphatic heterocycles. The summed E-state index contributed by atoms with van der Waals surface area (Å²) in [6, 6.07) is 4.24. The number of hydrogen-bond acceptors (Lipinski definition) is 3. The molecule has 0 amide bonds. The predicted molar refractivity (Wildman–Crippen MR) is 61.9 cm³/mol. The van der Waals surface area contributed by atoms with Crippen molar-refractivity contribution in [3.8, 4) is 11.5 Å². The molecule has 2 aliphatic rings. The highest BCUT2D eigenvalue weighted by Crippen LogP contribution is 2.50. The van der Waals surface area contributed by atoms with E-state index in [0.717, 1.165) is 11.5 Å². The van der Waals surface area contributed by atoms with Gasteiger partial charge in [0.1, 0.15) is 0 Å². The largest absolute Gasteiger partial charge is 0.454 e. The van der Waals surface area contributed by atoms with Crippen molar-refractivity contribution in [1.82, 2.24) is 0 Å². The van der Waals surface area contributed by atoms with Crippen LogP contribution in [0.2, 0.25) is 0 Å². The molecule has 0 spiro atoms. The van der Waals surface area contributed by atoms with Gasteiger partial charge in [-0.05, 0) is 31.4 Å². The van der Waals surface area contributed by atoms with E-state index < -0.39 is 0 Å². The van der Waals surface area contributed by atoms with Crippen LogP contribution in [0.5, 0.6) is 11.5 Å². The monoisotopic (exact) mass is 219 g/mol. The van der Waals surface area contributed by atoms with Gasteiger partial charge in [-0.15, -0.1) is 0 Å². The Morgan fingerprint density at radius 3 is 2.75 bits per heavy atom. The van der Waals surface area contributed by atoms with Crippen LogP contribution in [0, 0.1) is 6.92 Å². The molecule has 0 radical (unpaired) electrons. The molecular weight excluding hydrogens is 202 g/mol. The van der Waals surface area contributed by atoms with Crippen LogP contribution in [0.1, 0.15) is 30.4 Å². The fourth-order valence-corrected chi connectivity index (χ4v) is 2.73. The fourth-order valence-electron chi connectivity index (χ4n) is 2.73. The molecule has 3 nitrogen and oxygen atoms in total. The molecule has 1 aromatic rings. The first kappa shape index (κ1) is 9.97. The molecule has 16 heavy (non-hydrogen) atoms. The summed E-state index contributed by atoms with van der Waals surface area (Å²) in [7, 11) is 0. The molecule has 1 heterocycles. The zero-order chi connectivity index (χ0) is 11.2. The van der Waals surface area contributed by atoms with Crippen molar-refractivity contribution in [1.29, 1.82) is 0 Å². The Morgan fingerprint density at radius 2 is 2.12 bits per heavy atom. The van der Waals surface area contributed by atoms with Gasteiger partial charge in [0.15, 0.2) is 11.5 Å². The van der Waals surface area contributed by atoms with E-state index >= 15 is 0 Å². The lowest BCUT2D eigenvalue weighted by Crippen LogP contribution is -2.41. The number of aryl methyl sites for hydroxylation is 1. The van der Waals surface area contributed by atoms with Crippen LogP contribution < -0.4 is 15.2 Å². The van der Waals surface area contributed by atoms with Crippen molar-refractivity contribution < 1.29 is 9.47 Å². The molecule has 0 atom stereocenters. The molecule has 1 fully saturated rings. The van der Waals surface area contributed by atoms with Crippen LogP contribution in [0.4, 0.5) is 0 Å². The second kappa shape index (κ2) is 3.39. The molecule has 2 N–H and O–H groups in total. The molecule has 1 saturated carbocycles. The van der Waals surface area contributed by atoms with E-state index in [4.69, 9.17) is 15.2 Å². The van der Waals surface area contributed by atoms with Gasteiger partial charge in [0.05, 0.1) is 0 Å². The Kier molecular flexibility index (Phi) is 2.11. The maximum Gasteiger partial charge on any atom is 0.231 e. The van der Waals surface area contributed by atoms with Gasteiger partial charge in [-0.25, -0.2) is 0 Å². The average molecular weight is 219 g/mol. The summed E-state index contributed by atoms with van der Waals surface area (Å²) < 4.78 is 11.1. The summed E-state index contributed by atoms with van der Waals surface area (Å²) >= 11 is 0. The molecular formula is C13H17NO2. The molecule has 0 aromatic heterocycles. The van der Waals surface area contributed by atoms with Crippen molar-refractivity contribution in [2.75, 3.05) is 13.3 Å². The Labute approximate surface area is 95.5 Å². The maximum atomic E-state index is 5.95. The highest BCUT2D eigenvalue weighted by molar-refractivity contribution is 5.54. The quantitative estimate of drug-likeness (QED) is 0.828. The number of ether oxygens (including phenoxy) is 2. The standard InChI is InChI=1S/C13H17NO2/c1-9-5-10(13(7-14)3-2-4-13)12-11(6-9)15-8-16-12/h5-6H,2-4,7-8,14H2,1H3. The van der Waals surface area contributed by atoms with Gasteiger partial charge >= 0.3 is 0 Å². The Bertz CT molecular complexity index is 419. The van der Waals surface area contributed by atoms with E-state index in [9.17, 15) is 0 Å². The lowest BCUT2D eigenvalue weighted by molar-refractivity contribution is 0.168. The number of nitrogens with two attached hydrogens (primary N) is 1. The minimum atomic E-state index is 0.143. The van der Waals surface area contributed by atoms with Crippen molar-refractivity contribution >= 4 is 0 Å². The van der Waals surface area contributed by atoms with E-state index in [1.54, 1.807) is 0 Å². The molecule has 0 unspecified atom stereocenters. The van der Waals surface area contributed by atoms with Gasteiger partial charge in [-0.3, -0.25) is 0 Å². The summed E-state index contributed by atoms with van der Waals surface area (Å²) in [4.78, 5) is 0. The van der Waals surface area contributed by atoms with E-state index in [0.29, 0.717) is 13.3 Å². The Balaban J connectivity index is 2.13. The highest BCUT2D eigenvalue weighted by atomic mass is 16.7.